The molecule has 2 rings (SSSR count). The molecule has 5 N–H and O–H groups in total. The zero-order valence-electron chi connectivity index (χ0n) is 15.1. The van der Waals surface area contributed by atoms with E-state index in [2.05, 4.69) is 5.32 Å². The summed E-state index contributed by atoms with van der Waals surface area (Å²) in [5.41, 5.74) is 12.7. The summed E-state index contributed by atoms with van der Waals surface area (Å²) in [5, 5.41) is 21.4. The first-order valence-corrected chi connectivity index (χ1v) is 7.66. The van der Waals surface area contributed by atoms with Crippen molar-refractivity contribution in [1.82, 2.24) is 0 Å². The van der Waals surface area contributed by atoms with Gasteiger partial charge in [0.1, 0.15) is 11.5 Å². The lowest BCUT2D eigenvalue weighted by molar-refractivity contribution is -0.105. The Balaban J connectivity index is 0.000000243. The van der Waals surface area contributed by atoms with Crippen LogP contribution in [0.1, 0.15) is 33.4 Å². The maximum absolute atomic E-state index is 10.3. The first kappa shape index (κ1) is 19.4. The second-order valence-corrected chi connectivity index (χ2v) is 5.98. The minimum absolute atomic E-state index is 0.270. The highest BCUT2D eigenvalue weighted by Gasteiger charge is 2.08. The van der Waals surface area contributed by atoms with Crippen molar-refractivity contribution in [2.75, 3.05) is 11.1 Å². The number of amides is 1. The van der Waals surface area contributed by atoms with Gasteiger partial charge in [0.25, 0.3) is 0 Å². The van der Waals surface area contributed by atoms with Crippen LogP contribution < -0.4 is 11.1 Å². The number of nitrogens with two attached hydrogens (primary N) is 1. The third-order valence-electron chi connectivity index (χ3n) is 4.40. The van der Waals surface area contributed by atoms with Crippen LogP contribution in [0, 0.1) is 41.5 Å². The predicted molar refractivity (Wildman–Crippen MR) is 98.7 cm³/mol. The van der Waals surface area contributed by atoms with Crippen molar-refractivity contribution in [2.24, 2.45) is 0 Å². The number of phenolic OH excluding ortho intramolecular Hbond substituents is 2. The lowest BCUT2D eigenvalue weighted by Crippen LogP contribution is -2.00. The number of benzene rings is 2. The van der Waals surface area contributed by atoms with Crippen molar-refractivity contribution in [1.29, 1.82) is 0 Å². The van der Waals surface area contributed by atoms with Gasteiger partial charge in [-0.3, -0.25) is 4.79 Å². The van der Waals surface area contributed by atoms with Gasteiger partial charge in [-0.1, -0.05) is 0 Å². The van der Waals surface area contributed by atoms with Gasteiger partial charge in [-0.25, -0.2) is 0 Å². The van der Waals surface area contributed by atoms with E-state index in [0.29, 0.717) is 12.2 Å². The van der Waals surface area contributed by atoms with Crippen LogP contribution in [0.3, 0.4) is 0 Å². The molecule has 5 nitrogen and oxygen atoms in total. The van der Waals surface area contributed by atoms with E-state index in [-0.39, 0.29) is 5.75 Å². The normalized spacial score (nSPS) is 9.92. The molecule has 0 aliphatic rings. The van der Waals surface area contributed by atoms with Crippen molar-refractivity contribution in [3.8, 4) is 11.5 Å². The molecule has 1 amide bonds. The molecule has 0 aliphatic heterocycles. The Labute approximate surface area is 143 Å². The maximum atomic E-state index is 10.3. The molecule has 2 aromatic carbocycles. The van der Waals surface area contributed by atoms with Gasteiger partial charge in [-0.15, -0.1) is 0 Å². The standard InChI is InChI=1S/C10H13NO2.C9H13NO/c1-6-4-9(13)7(2)8(3)10(6)11-5-12;1-5-4-8(11)6(2)7(3)9(5)10/h4-5,13H,1-3H3,(H,11,12);4,11H,10H2,1-3H3. The molecule has 24 heavy (non-hydrogen) atoms. The van der Waals surface area contributed by atoms with Gasteiger partial charge in [0.05, 0.1) is 0 Å². The first-order chi connectivity index (χ1) is 11.1. The number of nitrogen functional groups attached to an aromatic ring is 1. The summed E-state index contributed by atoms with van der Waals surface area (Å²) in [6, 6.07) is 3.34. The van der Waals surface area contributed by atoms with Crippen molar-refractivity contribution in [3.05, 3.63) is 45.5 Å². The third-order valence-corrected chi connectivity index (χ3v) is 4.40. The number of rotatable bonds is 2. The minimum atomic E-state index is 0.270. The Morgan fingerprint density at radius 2 is 1.29 bits per heavy atom. The second kappa shape index (κ2) is 7.73. The topological polar surface area (TPSA) is 95.6 Å². The monoisotopic (exact) mass is 330 g/mol. The van der Waals surface area contributed by atoms with Crippen LogP contribution in [-0.4, -0.2) is 16.6 Å². The Kier molecular flexibility index (Phi) is 6.23. The lowest BCUT2D eigenvalue weighted by Gasteiger charge is -2.12. The first-order valence-electron chi connectivity index (χ1n) is 7.66. The highest BCUT2D eigenvalue weighted by Crippen LogP contribution is 2.30. The molecule has 5 heteroatoms. The molecule has 2 aromatic rings. The average molecular weight is 330 g/mol. The van der Waals surface area contributed by atoms with Crippen molar-refractivity contribution < 1.29 is 15.0 Å². The molecule has 0 atom stereocenters. The second-order valence-electron chi connectivity index (χ2n) is 5.98. The van der Waals surface area contributed by atoms with Crippen LogP contribution in [0.25, 0.3) is 0 Å². The third kappa shape index (κ3) is 3.98. The lowest BCUT2D eigenvalue weighted by atomic mass is 10.0. The molecule has 0 spiro atoms. The van der Waals surface area contributed by atoms with E-state index in [1.807, 2.05) is 41.5 Å². The van der Waals surface area contributed by atoms with Gasteiger partial charge < -0.3 is 21.3 Å². The van der Waals surface area contributed by atoms with E-state index < -0.39 is 0 Å². The quantitative estimate of drug-likeness (QED) is 0.383. The fourth-order valence-electron chi connectivity index (χ4n) is 2.42. The maximum Gasteiger partial charge on any atom is 0.211 e. The summed E-state index contributed by atoms with van der Waals surface area (Å²) in [5.74, 6) is 0.598. The van der Waals surface area contributed by atoms with E-state index in [9.17, 15) is 15.0 Å². The summed E-state index contributed by atoms with van der Waals surface area (Å²) in [4.78, 5) is 10.3. The molecule has 0 saturated heterocycles. The fourth-order valence-corrected chi connectivity index (χ4v) is 2.42. The molecule has 0 aromatic heterocycles. The number of phenols is 2. The Bertz CT molecular complexity index is 742. The molecule has 0 aliphatic carbocycles. The fraction of sp³-hybridized carbons (Fsp3) is 0.316. The van der Waals surface area contributed by atoms with Crippen LogP contribution >= 0.6 is 0 Å². The molecule has 0 radical (unpaired) electrons. The van der Waals surface area contributed by atoms with E-state index in [4.69, 9.17) is 5.73 Å². The Hall–Kier alpha value is -2.69. The number of nitrogens with one attached hydrogen (secondary N) is 1. The summed E-state index contributed by atoms with van der Waals surface area (Å²) in [7, 11) is 0. The molecular weight excluding hydrogens is 304 g/mol. The Morgan fingerprint density at radius 3 is 1.79 bits per heavy atom. The minimum Gasteiger partial charge on any atom is -0.508 e. The zero-order chi connectivity index (χ0) is 18.6. The van der Waals surface area contributed by atoms with Crippen LogP contribution in [0.15, 0.2) is 12.1 Å². The summed E-state index contributed by atoms with van der Waals surface area (Å²) >= 11 is 0. The summed E-state index contributed by atoms with van der Waals surface area (Å²) < 4.78 is 0. The van der Waals surface area contributed by atoms with Gasteiger partial charge in [-0.05, 0) is 87.1 Å². The van der Waals surface area contributed by atoms with Gasteiger partial charge in [0.2, 0.25) is 6.41 Å². The van der Waals surface area contributed by atoms with Crippen molar-refractivity contribution in [2.45, 2.75) is 41.5 Å². The number of aromatic hydroxyl groups is 2. The average Bonchev–Trinajstić information content (AvgIpc) is 2.53. The highest BCUT2D eigenvalue weighted by molar-refractivity contribution is 5.77. The van der Waals surface area contributed by atoms with E-state index in [1.54, 1.807) is 12.1 Å². The zero-order valence-corrected chi connectivity index (χ0v) is 15.1. The summed E-state index contributed by atoms with van der Waals surface area (Å²) in [6.07, 6.45) is 0.645. The molecule has 0 fully saturated rings. The number of hydrogen-bond acceptors (Lipinski definition) is 4. The Morgan fingerprint density at radius 1 is 0.833 bits per heavy atom. The van der Waals surface area contributed by atoms with E-state index in [0.717, 1.165) is 44.8 Å². The van der Waals surface area contributed by atoms with Gasteiger partial charge in [-0.2, -0.15) is 0 Å². The van der Waals surface area contributed by atoms with Crippen LogP contribution in [0.2, 0.25) is 0 Å². The molecule has 0 saturated carbocycles. The van der Waals surface area contributed by atoms with Gasteiger partial charge >= 0.3 is 0 Å². The molecular formula is C19H26N2O3. The molecule has 0 heterocycles. The molecule has 0 bridgehead atoms. The number of carbonyl (C=O) groups is 1. The number of aryl methyl sites for hydroxylation is 2. The predicted octanol–water partition coefficient (Wildman–Crippen LogP) is 3.79. The van der Waals surface area contributed by atoms with E-state index in [1.165, 1.54) is 0 Å². The van der Waals surface area contributed by atoms with Gasteiger partial charge in [0, 0.05) is 11.4 Å². The highest BCUT2D eigenvalue weighted by atomic mass is 16.3. The molecule has 130 valence electrons. The number of anilines is 2. The number of carbonyl (C=O) groups excluding carboxylic acids is 1. The smallest absolute Gasteiger partial charge is 0.211 e. The van der Waals surface area contributed by atoms with E-state index >= 15 is 0 Å². The van der Waals surface area contributed by atoms with Gasteiger partial charge in [0.15, 0.2) is 0 Å². The van der Waals surface area contributed by atoms with Crippen LogP contribution in [-0.2, 0) is 4.79 Å². The number of hydrogen-bond donors (Lipinski definition) is 4. The van der Waals surface area contributed by atoms with Crippen LogP contribution in [0.4, 0.5) is 11.4 Å². The van der Waals surface area contributed by atoms with Crippen molar-refractivity contribution >= 4 is 17.8 Å². The summed E-state index contributed by atoms with van der Waals surface area (Å²) in [6.45, 7) is 11.2. The molecule has 0 unspecified atom stereocenters. The largest absolute Gasteiger partial charge is 0.508 e. The van der Waals surface area contributed by atoms with Crippen molar-refractivity contribution in [3.63, 3.8) is 0 Å². The van der Waals surface area contributed by atoms with Crippen LogP contribution in [0.5, 0.6) is 11.5 Å². The SMILES string of the molecule is Cc1cc(O)c(C)c(C)c1N.Cc1cc(O)c(C)c(C)c1NC=O.